The van der Waals surface area contributed by atoms with E-state index in [-0.39, 0.29) is 24.4 Å². The van der Waals surface area contributed by atoms with Gasteiger partial charge in [0.25, 0.3) is 0 Å². The van der Waals surface area contributed by atoms with Gasteiger partial charge in [0.1, 0.15) is 6.04 Å². The van der Waals surface area contributed by atoms with Crippen molar-refractivity contribution in [1.82, 2.24) is 14.7 Å². The summed E-state index contributed by atoms with van der Waals surface area (Å²) in [4.78, 5) is 47.4. The van der Waals surface area contributed by atoms with Crippen LogP contribution in [0.3, 0.4) is 0 Å². The SMILES string of the molecule is C[C@H](CO)N1C(=O)[C@@H]2[C@H]3C(=O)OCCC/C=C\[C@@]3(C)S[C@@]23C=CCN(CCN2CCOCC2)C(=O)C13. The monoisotopic (exact) mass is 519 g/mol. The fourth-order valence-corrected chi connectivity index (χ4v) is 8.61. The second kappa shape index (κ2) is 10.1. The highest BCUT2D eigenvalue weighted by Crippen LogP contribution is 2.65. The topological polar surface area (TPSA) is 99.6 Å². The maximum atomic E-state index is 14.2. The molecule has 5 heterocycles. The number of carbonyl (C=O) groups is 3. The molecule has 3 fully saturated rings. The molecule has 36 heavy (non-hydrogen) atoms. The quantitative estimate of drug-likeness (QED) is 0.418. The van der Waals surface area contributed by atoms with Crippen LogP contribution in [0.1, 0.15) is 26.7 Å². The third kappa shape index (κ3) is 4.19. The van der Waals surface area contributed by atoms with Gasteiger partial charge in [0, 0.05) is 37.5 Å². The molecular weight excluding hydrogens is 482 g/mol. The predicted octanol–water partition coefficient (Wildman–Crippen LogP) is 0.679. The summed E-state index contributed by atoms with van der Waals surface area (Å²) < 4.78 is 9.49. The molecule has 0 saturated carbocycles. The summed E-state index contributed by atoms with van der Waals surface area (Å²) in [5, 5.41) is 10.0. The Morgan fingerprint density at radius 3 is 2.61 bits per heavy atom. The number of ether oxygens (including phenoxy) is 2. The zero-order chi connectivity index (χ0) is 25.5. The molecule has 5 rings (SSSR count). The lowest BCUT2D eigenvalue weighted by atomic mass is 9.74. The number of hydrogen-bond donors (Lipinski definition) is 1. The number of morpholine rings is 1. The standard InChI is InChI=1S/C26H37N3O6S/c1-18(17-30)29-21-23(32)28(11-10-27-12-15-34-16-13-27)9-6-8-26(21)19(22(29)31)20-24(33)35-14-5-3-4-7-25(20,2)36-26/h4,6-8,18-21,30H,3,5,9-17H2,1-2H3/b7-4-/t18-,19+,20+,21?,25-,26+/m1/s1. The van der Waals surface area contributed by atoms with Crippen LogP contribution in [0.15, 0.2) is 24.3 Å². The number of thioether (sulfide) groups is 1. The van der Waals surface area contributed by atoms with Gasteiger partial charge in [0.15, 0.2) is 0 Å². The van der Waals surface area contributed by atoms with E-state index in [0.29, 0.717) is 32.9 Å². The molecule has 0 radical (unpaired) electrons. The first-order valence-electron chi connectivity index (χ1n) is 13.1. The van der Waals surface area contributed by atoms with Crippen LogP contribution in [0.5, 0.6) is 0 Å². The van der Waals surface area contributed by atoms with Gasteiger partial charge in [-0.2, -0.15) is 0 Å². The van der Waals surface area contributed by atoms with Gasteiger partial charge in [-0.3, -0.25) is 19.3 Å². The number of rotatable bonds is 5. The van der Waals surface area contributed by atoms with Gasteiger partial charge in [-0.25, -0.2) is 0 Å². The molecule has 0 aromatic rings. The van der Waals surface area contributed by atoms with Crippen molar-refractivity contribution in [3.8, 4) is 0 Å². The molecule has 0 bridgehead atoms. The summed E-state index contributed by atoms with van der Waals surface area (Å²) in [5.74, 6) is -2.19. The van der Waals surface area contributed by atoms with Crippen molar-refractivity contribution in [2.24, 2.45) is 11.8 Å². The third-order valence-electron chi connectivity index (χ3n) is 8.30. The number of nitrogens with zero attached hydrogens (tertiary/aromatic N) is 3. The van der Waals surface area contributed by atoms with Gasteiger partial charge < -0.3 is 24.4 Å². The molecule has 0 aromatic carbocycles. The Balaban J connectivity index is 1.52. The molecule has 3 saturated heterocycles. The summed E-state index contributed by atoms with van der Waals surface area (Å²) in [6.07, 6.45) is 9.65. The Morgan fingerprint density at radius 1 is 1.08 bits per heavy atom. The summed E-state index contributed by atoms with van der Waals surface area (Å²) in [7, 11) is 0. The summed E-state index contributed by atoms with van der Waals surface area (Å²) in [6, 6.07) is -1.34. The Kier molecular flexibility index (Phi) is 7.24. The van der Waals surface area contributed by atoms with Gasteiger partial charge in [0.2, 0.25) is 11.8 Å². The first-order chi connectivity index (χ1) is 17.3. The van der Waals surface area contributed by atoms with Crippen molar-refractivity contribution < 1.29 is 29.0 Å². The zero-order valence-corrected chi connectivity index (χ0v) is 22.0. The fraction of sp³-hybridized carbons (Fsp3) is 0.731. The van der Waals surface area contributed by atoms with Gasteiger partial charge in [-0.05, 0) is 26.7 Å². The second-order valence-electron chi connectivity index (χ2n) is 10.6. The molecule has 6 atom stereocenters. The number of esters is 1. The molecule has 0 aromatic heterocycles. The van der Waals surface area contributed by atoms with E-state index in [1.807, 2.05) is 30.1 Å². The first kappa shape index (κ1) is 25.8. The van der Waals surface area contributed by atoms with Crippen molar-refractivity contribution in [3.63, 3.8) is 0 Å². The molecule has 5 aliphatic heterocycles. The molecule has 1 N–H and O–H groups in total. The van der Waals surface area contributed by atoms with Gasteiger partial charge in [-0.15, -0.1) is 11.8 Å². The Labute approximate surface area is 216 Å². The zero-order valence-electron chi connectivity index (χ0n) is 21.1. The molecule has 10 heteroatoms. The second-order valence-corrected chi connectivity index (χ2v) is 12.4. The van der Waals surface area contributed by atoms with Gasteiger partial charge in [0.05, 0.1) is 49.1 Å². The van der Waals surface area contributed by atoms with E-state index < -0.39 is 33.4 Å². The van der Waals surface area contributed by atoms with Crippen molar-refractivity contribution in [3.05, 3.63) is 24.3 Å². The third-order valence-corrected chi connectivity index (χ3v) is 10.1. The fourth-order valence-electron chi connectivity index (χ4n) is 6.47. The van der Waals surface area contributed by atoms with Crippen molar-refractivity contribution in [2.45, 2.75) is 48.3 Å². The van der Waals surface area contributed by atoms with E-state index in [1.165, 1.54) is 0 Å². The van der Waals surface area contributed by atoms with Crippen molar-refractivity contribution in [2.75, 3.05) is 59.2 Å². The van der Waals surface area contributed by atoms with Gasteiger partial charge >= 0.3 is 5.97 Å². The Hall–Kier alpha value is -1.88. The van der Waals surface area contributed by atoms with Crippen LogP contribution in [-0.2, 0) is 23.9 Å². The molecule has 0 aliphatic carbocycles. The number of aliphatic hydroxyl groups excluding tert-OH is 1. The highest BCUT2D eigenvalue weighted by molar-refractivity contribution is 8.02. The lowest BCUT2D eigenvalue weighted by Gasteiger charge is -2.39. The molecule has 1 unspecified atom stereocenters. The van der Waals surface area contributed by atoms with Crippen molar-refractivity contribution in [1.29, 1.82) is 0 Å². The lowest BCUT2D eigenvalue weighted by Crippen LogP contribution is -2.57. The van der Waals surface area contributed by atoms with E-state index in [9.17, 15) is 19.5 Å². The number of carbonyl (C=O) groups excluding carboxylic acids is 3. The molecule has 9 nitrogen and oxygen atoms in total. The molecule has 1 spiro atoms. The maximum Gasteiger partial charge on any atom is 0.311 e. The van der Waals surface area contributed by atoms with Crippen molar-refractivity contribution >= 4 is 29.5 Å². The van der Waals surface area contributed by atoms with E-state index in [2.05, 4.69) is 11.0 Å². The number of allylic oxidation sites excluding steroid dienone is 1. The number of cyclic esters (lactones) is 1. The molecule has 198 valence electrons. The Bertz CT molecular complexity index is 952. The number of amides is 2. The minimum atomic E-state index is -0.909. The maximum absolute atomic E-state index is 14.2. The van der Waals surface area contributed by atoms with Crippen LogP contribution in [0.25, 0.3) is 0 Å². The minimum Gasteiger partial charge on any atom is -0.465 e. The smallest absolute Gasteiger partial charge is 0.311 e. The largest absolute Gasteiger partial charge is 0.465 e. The molecular formula is C26H37N3O6S. The number of hydrogen-bond acceptors (Lipinski definition) is 8. The molecule has 5 aliphatic rings. The first-order valence-corrected chi connectivity index (χ1v) is 13.9. The number of likely N-dealkylation sites (tertiary alicyclic amines) is 1. The number of aliphatic hydroxyl groups is 1. The average Bonchev–Trinajstić information content (AvgIpc) is 3.23. The van der Waals surface area contributed by atoms with E-state index >= 15 is 0 Å². The summed E-state index contributed by atoms with van der Waals surface area (Å²) >= 11 is 1.54. The van der Waals surface area contributed by atoms with Crippen LogP contribution in [-0.4, -0.2) is 118 Å². The van der Waals surface area contributed by atoms with Crippen LogP contribution < -0.4 is 0 Å². The molecule has 2 amide bonds. The van der Waals surface area contributed by atoms with Crippen LogP contribution in [0.2, 0.25) is 0 Å². The highest BCUT2D eigenvalue weighted by atomic mass is 32.2. The van der Waals surface area contributed by atoms with Crippen LogP contribution >= 0.6 is 11.8 Å². The normalized spacial score (nSPS) is 38.9. The lowest BCUT2D eigenvalue weighted by molar-refractivity contribution is -0.154. The predicted molar refractivity (Wildman–Crippen MR) is 135 cm³/mol. The van der Waals surface area contributed by atoms with Crippen LogP contribution in [0.4, 0.5) is 0 Å². The average molecular weight is 520 g/mol. The van der Waals surface area contributed by atoms with Gasteiger partial charge in [-0.1, -0.05) is 24.3 Å². The van der Waals surface area contributed by atoms with E-state index in [0.717, 1.165) is 32.5 Å². The van der Waals surface area contributed by atoms with E-state index in [1.54, 1.807) is 23.6 Å². The Morgan fingerprint density at radius 2 is 1.86 bits per heavy atom. The van der Waals surface area contributed by atoms with E-state index in [4.69, 9.17) is 9.47 Å². The summed E-state index contributed by atoms with van der Waals surface area (Å²) in [6.45, 7) is 8.60. The number of fused-ring (bicyclic) bond motifs is 2. The highest BCUT2D eigenvalue weighted by Gasteiger charge is 2.74. The van der Waals surface area contributed by atoms with Crippen LogP contribution in [0, 0.1) is 11.8 Å². The summed E-state index contributed by atoms with van der Waals surface area (Å²) in [5.41, 5.74) is 0. The minimum absolute atomic E-state index is 0.121.